The molecule has 0 aliphatic rings. The number of nitrogens with zero attached hydrogens (tertiary/aromatic N) is 1. The first-order chi connectivity index (χ1) is 8.86. The SMILES string of the molecule is COC(=O)CN(C)CCc1c(C)c(C)cc(C)c1C. The standard InChI is InChI=1S/C16H25NO2/c1-11-9-12(2)14(4)15(13(11)3)7-8-17(5)10-16(18)19-6/h9H,7-8,10H2,1-6H3. The number of methoxy groups -OCH3 is 1. The van der Waals surface area contributed by atoms with E-state index in [0.717, 1.165) is 13.0 Å². The molecular formula is C16H25NO2. The molecule has 0 spiro atoms. The average Bonchev–Trinajstić information content (AvgIpc) is 2.36. The molecule has 1 aromatic rings. The zero-order valence-corrected chi connectivity index (χ0v) is 13.0. The summed E-state index contributed by atoms with van der Waals surface area (Å²) in [5, 5.41) is 0. The molecule has 0 aromatic heterocycles. The Bertz CT molecular complexity index is 440. The maximum Gasteiger partial charge on any atom is 0.319 e. The lowest BCUT2D eigenvalue weighted by molar-refractivity contribution is -0.141. The van der Waals surface area contributed by atoms with Gasteiger partial charge in [-0.05, 0) is 69.0 Å². The first-order valence-corrected chi connectivity index (χ1v) is 6.68. The van der Waals surface area contributed by atoms with Crippen LogP contribution in [0.2, 0.25) is 0 Å². The summed E-state index contributed by atoms with van der Waals surface area (Å²) in [5.41, 5.74) is 6.83. The van der Waals surface area contributed by atoms with Gasteiger partial charge in [0.2, 0.25) is 0 Å². The second-order valence-electron chi connectivity index (χ2n) is 5.30. The summed E-state index contributed by atoms with van der Waals surface area (Å²) in [6, 6.07) is 2.24. The zero-order chi connectivity index (χ0) is 14.6. The molecule has 0 saturated heterocycles. The lowest BCUT2D eigenvalue weighted by atomic mass is 9.92. The van der Waals surface area contributed by atoms with E-state index in [9.17, 15) is 4.79 Å². The third-order valence-corrected chi connectivity index (χ3v) is 3.89. The highest BCUT2D eigenvalue weighted by molar-refractivity contribution is 5.71. The molecule has 0 radical (unpaired) electrons. The van der Waals surface area contributed by atoms with Crippen LogP contribution in [0.15, 0.2) is 6.07 Å². The van der Waals surface area contributed by atoms with Crippen LogP contribution in [0.4, 0.5) is 0 Å². The van der Waals surface area contributed by atoms with Gasteiger partial charge in [-0.15, -0.1) is 0 Å². The molecule has 0 aliphatic carbocycles. The van der Waals surface area contributed by atoms with Gasteiger partial charge in [-0.1, -0.05) is 6.07 Å². The Hall–Kier alpha value is -1.35. The summed E-state index contributed by atoms with van der Waals surface area (Å²) in [7, 11) is 3.37. The van der Waals surface area contributed by atoms with Crippen LogP contribution in [-0.4, -0.2) is 38.1 Å². The number of ether oxygens (including phenoxy) is 1. The Morgan fingerprint density at radius 3 is 2.16 bits per heavy atom. The van der Waals surface area contributed by atoms with E-state index >= 15 is 0 Å². The second kappa shape index (κ2) is 6.71. The summed E-state index contributed by atoms with van der Waals surface area (Å²) in [6.45, 7) is 9.88. The number of benzene rings is 1. The van der Waals surface area contributed by atoms with E-state index < -0.39 is 0 Å². The van der Waals surface area contributed by atoms with Gasteiger partial charge in [0.15, 0.2) is 0 Å². The average molecular weight is 263 g/mol. The number of hydrogen-bond donors (Lipinski definition) is 0. The maximum atomic E-state index is 11.2. The van der Waals surface area contributed by atoms with Crippen LogP contribution in [0.25, 0.3) is 0 Å². The fourth-order valence-electron chi connectivity index (χ4n) is 2.34. The minimum Gasteiger partial charge on any atom is -0.468 e. The van der Waals surface area contributed by atoms with Crippen molar-refractivity contribution in [2.45, 2.75) is 34.1 Å². The van der Waals surface area contributed by atoms with Crippen LogP contribution < -0.4 is 0 Å². The van der Waals surface area contributed by atoms with E-state index in [4.69, 9.17) is 0 Å². The Morgan fingerprint density at radius 1 is 1.16 bits per heavy atom. The molecule has 0 atom stereocenters. The van der Waals surface area contributed by atoms with Crippen molar-refractivity contribution in [3.8, 4) is 0 Å². The Labute approximate surface area is 116 Å². The van der Waals surface area contributed by atoms with Crippen LogP contribution >= 0.6 is 0 Å². The molecule has 19 heavy (non-hydrogen) atoms. The predicted octanol–water partition coefficient (Wildman–Crippen LogP) is 2.57. The fourth-order valence-corrected chi connectivity index (χ4v) is 2.34. The number of esters is 1. The summed E-state index contributed by atoms with van der Waals surface area (Å²) in [4.78, 5) is 13.2. The lowest BCUT2D eigenvalue weighted by Gasteiger charge is -2.19. The quantitative estimate of drug-likeness (QED) is 0.765. The molecule has 0 saturated carbocycles. The van der Waals surface area contributed by atoms with Crippen molar-refractivity contribution in [1.29, 1.82) is 0 Å². The molecule has 1 aromatic carbocycles. The highest BCUT2D eigenvalue weighted by atomic mass is 16.5. The number of carbonyl (C=O) groups excluding carboxylic acids is 1. The number of carbonyl (C=O) groups is 1. The third kappa shape index (κ3) is 4.06. The normalized spacial score (nSPS) is 10.9. The molecule has 3 heteroatoms. The highest BCUT2D eigenvalue weighted by Crippen LogP contribution is 2.22. The lowest BCUT2D eigenvalue weighted by Crippen LogP contribution is -2.29. The van der Waals surface area contributed by atoms with Gasteiger partial charge in [0, 0.05) is 6.54 Å². The van der Waals surface area contributed by atoms with Gasteiger partial charge in [-0.25, -0.2) is 0 Å². The van der Waals surface area contributed by atoms with Crippen LogP contribution in [0.5, 0.6) is 0 Å². The minimum atomic E-state index is -0.184. The molecule has 106 valence electrons. The zero-order valence-electron chi connectivity index (χ0n) is 13.0. The number of likely N-dealkylation sites (N-methyl/N-ethyl adjacent to an activating group) is 1. The van der Waals surface area contributed by atoms with E-state index in [1.165, 1.54) is 34.9 Å². The van der Waals surface area contributed by atoms with Gasteiger partial charge in [0.1, 0.15) is 0 Å². The monoisotopic (exact) mass is 263 g/mol. The van der Waals surface area contributed by atoms with E-state index in [1.807, 2.05) is 11.9 Å². The molecule has 0 N–H and O–H groups in total. The molecule has 0 aliphatic heterocycles. The van der Waals surface area contributed by atoms with E-state index in [2.05, 4.69) is 38.5 Å². The van der Waals surface area contributed by atoms with Gasteiger partial charge in [-0.3, -0.25) is 9.69 Å². The molecule has 0 fully saturated rings. The number of rotatable bonds is 5. The molecule has 0 unspecified atom stereocenters. The summed E-state index contributed by atoms with van der Waals surface area (Å²) >= 11 is 0. The number of aryl methyl sites for hydroxylation is 2. The van der Waals surface area contributed by atoms with E-state index in [-0.39, 0.29) is 5.97 Å². The third-order valence-electron chi connectivity index (χ3n) is 3.89. The maximum absolute atomic E-state index is 11.2. The molecule has 1 rings (SSSR count). The first-order valence-electron chi connectivity index (χ1n) is 6.68. The fraction of sp³-hybridized carbons (Fsp3) is 0.562. The highest BCUT2D eigenvalue weighted by Gasteiger charge is 2.11. The molecule has 0 bridgehead atoms. The summed E-state index contributed by atoms with van der Waals surface area (Å²) in [5.74, 6) is -0.184. The number of hydrogen-bond acceptors (Lipinski definition) is 3. The van der Waals surface area contributed by atoms with Crippen molar-refractivity contribution in [2.24, 2.45) is 0 Å². The molecule has 3 nitrogen and oxygen atoms in total. The van der Waals surface area contributed by atoms with Crippen molar-refractivity contribution < 1.29 is 9.53 Å². The molecular weight excluding hydrogens is 238 g/mol. The van der Waals surface area contributed by atoms with Gasteiger partial charge in [-0.2, -0.15) is 0 Å². The topological polar surface area (TPSA) is 29.5 Å². The van der Waals surface area contributed by atoms with Gasteiger partial charge >= 0.3 is 5.97 Å². The summed E-state index contributed by atoms with van der Waals surface area (Å²) in [6.07, 6.45) is 0.966. The smallest absolute Gasteiger partial charge is 0.319 e. The van der Waals surface area contributed by atoms with E-state index in [1.54, 1.807) is 0 Å². The van der Waals surface area contributed by atoms with Gasteiger partial charge < -0.3 is 4.74 Å². The van der Waals surface area contributed by atoms with Gasteiger partial charge in [0.05, 0.1) is 13.7 Å². The van der Waals surface area contributed by atoms with Crippen molar-refractivity contribution in [3.05, 3.63) is 33.9 Å². The minimum absolute atomic E-state index is 0.184. The van der Waals surface area contributed by atoms with Crippen molar-refractivity contribution in [1.82, 2.24) is 4.90 Å². The van der Waals surface area contributed by atoms with Crippen LogP contribution in [-0.2, 0) is 16.0 Å². The Morgan fingerprint density at radius 2 is 1.68 bits per heavy atom. The largest absolute Gasteiger partial charge is 0.468 e. The van der Waals surface area contributed by atoms with Crippen LogP contribution in [0.1, 0.15) is 27.8 Å². The van der Waals surface area contributed by atoms with E-state index in [0.29, 0.717) is 6.54 Å². The van der Waals surface area contributed by atoms with Crippen LogP contribution in [0, 0.1) is 27.7 Å². The van der Waals surface area contributed by atoms with Crippen molar-refractivity contribution in [3.63, 3.8) is 0 Å². The van der Waals surface area contributed by atoms with Gasteiger partial charge in [0.25, 0.3) is 0 Å². The van der Waals surface area contributed by atoms with Crippen molar-refractivity contribution >= 4 is 5.97 Å². The second-order valence-corrected chi connectivity index (χ2v) is 5.30. The predicted molar refractivity (Wildman–Crippen MR) is 78.6 cm³/mol. The first kappa shape index (κ1) is 15.7. The molecule has 0 amide bonds. The Kier molecular flexibility index (Phi) is 5.55. The molecule has 0 heterocycles. The summed E-state index contributed by atoms with van der Waals surface area (Å²) < 4.78 is 4.68. The van der Waals surface area contributed by atoms with Crippen molar-refractivity contribution in [2.75, 3.05) is 27.2 Å². The Balaban J connectivity index is 2.75. The van der Waals surface area contributed by atoms with Crippen LogP contribution in [0.3, 0.4) is 0 Å².